The zero-order valence-electron chi connectivity index (χ0n) is 12.5. The summed E-state index contributed by atoms with van der Waals surface area (Å²) in [4.78, 5) is 12.3. The van der Waals surface area contributed by atoms with E-state index in [2.05, 4.69) is 5.32 Å². The molecule has 1 heterocycles. The Labute approximate surface area is 138 Å². The van der Waals surface area contributed by atoms with Gasteiger partial charge in [-0.3, -0.25) is 4.79 Å². The Morgan fingerprint density at radius 2 is 1.87 bits per heavy atom. The van der Waals surface area contributed by atoms with Crippen molar-refractivity contribution in [3.05, 3.63) is 70.9 Å². The number of anilines is 2. The van der Waals surface area contributed by atoms with Crippen LogP contribution in [-0.2, 0) is 0 Å². The molecule has 0 aliphatic rings. The first-order valence-electron chi connectivity index (χ1n) is 7.07. The maximum absolute atomic E-state index is 12.3. The Balaban J connectivity index is 1.86. The summed E-state index contributed by atoms with van der Waals surface area (Å²) in [5, 5.41) is 3.39. The number of benzene rings is 2. The highest BCUT2D eigenvalue weighted by molar-refractivity contribution is 6.31. The second kappa shape index (κ2) is 6.18. The van der Waals surface area contributed by atoms with Crippen LogP contribution in [-0.4, -0.2) is 5.91 Å². The summed E-state index contributed by atoms with van der Waals surface area (Å²) >= 11 is 6.12. The average Bonchev–Trinajstić information content (AvgIpc) is 3.02. The van der Waals surface area contributed by atoms with Gasteiger partial charge in [0.15, 0.2) is 5.76 Å². The highest BCUT2D eigenvalue weighted by Crippen LogP contribution is 2.30. The third-order valence-corrected chi connectivity index (χ3v) is 3.98. The average molecular weight is 327 g/mol. The van der Waals surface area contributed by atoms with Crippen LogP contribution >= 0.6 is 11.6 Å². The summed E-state index contributed by atoms with van der Waals surface area (Å²) < 4.78 is 5.67. The number of para-hydroxylation sites is 2. The molecule has 4 nitrogen and oxygen atoms in total. The molecule has 0 bridgehead atoms. The largest absolute Gasteiger partial charge is 0.451 e. The van der Waals surface area contributed by atoms with E-state index in [-0.39, 0.29) is 11.7 Å². The quantitative estimate of drug-likeness (QED) is 0.683. The number of rotatable bonds is 3. The molecule has 0 atom stereocenters. The Hall–Kier alpha value is -2.72. The number of hydrogen-bond acceptors (Lipinski definition) is 3. The predicted octanol–water partition coefficient (Wildman–Crippen LogP) is 4.74. The van der Waals surface area contributed by atoms with Crippen LogP contribution in [0.2, 0.25) is 5.02 Å². The first-order chi connectivity index (χ1) is 11.1. The van der Waals surface area contributed by atoms with Crippen LogP contribution in [0, 0.1) is 6.92 Å². The molecule has 3 N–H and O–H groups in total. The molecular weight excluding hydrogens is 312 g/mol. The molecule has 2 aromatic carbocycles. The van der Waals surface area contributed by atoms with Gasteiger partial charge in [0, 0.05) is 10.6 Å². The van der Waals surface area contributed by atoms with Crippen molar-refractivity contribution in [2.75, 3.05) is 11.1 Å². The van der Waals surface area contributed by atoms with E-state index in [1.165, 1.54) is 0 Å². The summed E-state index contributed by atoms with van der Waals surface area (Å²) in [5.41, 5.74) is 8.63. The van der Waals surface area contributed by atoms with E-state index >= 15 is 0 Å². The molecule has 1 aromatic heterocycles. The van der Waals surface area contributed by atoms with Crippen LogP contribution in [0.5, 0.6) is 0 Å². The van der Waals surface area contributed by atoms with Crippen LogP contribution in [0.1, 0.15) is 16.1 Å². The summed E-state index contributed by atoms with van der Waals surface area (Å²) in [6.07, 6.45) is 0. The van der Waals surface area contributed by atoms with E-state index in [0.29, 0.717) is 22.2 Å². The molecule has 0 aliphatic heterocycles. The number of hydrogen-bond donors (Lipinski definition) is 2. The maximum Gasteiger partial charge on any atom is 0.291 e. The predicted molar refractivity (Wildman–Crippen MR) is 92.7 cm³/mol. The van der Waals surface area contributed by atoms with Crippen molar-refractivity contribution in [2.24, 2.45) is 0 Å². The lowest BCUT2D eigenvalue weighted by Gasteiger charge is -2.06. The normalized spacial score (nSPS) is 10.5. The Bertz CT molecular complexity index is 871. The van der Waals surface area contributed by atoms with Gasteiger partial charge in [0.05, 0.1) is 11.4 Å². The van der Waals surface area contributed by atoms with Gasteiger partial charge in [-0.2, -0.15) is 0 Å². The molecule has 5 heteroatoms. The second-order valence-electron chi connectivity index (χ2n) is 5.12. The summed E-state index contributed by atoms with van der Waals surface area (Å²) in [5.74, 6) is 0.452. The van der Waals surface area contributed by atoms with Gasteiger partial charge in [-0.1, -0.05) is 35.9 Å². The number of carbonyl (C=O) groups is 1. The molecule has 3 rings (SSSR count). The highest BCUT2D eigenvalue weighted by atomic mass is 35.5. The molecule has 0 spiro atoms. The van der Waals surface area contributed by atoms with Crippen molar-refractivity contribution in [1.29, 1.82) is 0 Å². The van der Waals surface area contributed by atoms with Crippen molar-refractivity contribution in [1.82, 2.24) is 0 Å². The first-order valence-corrected chi connectivity index (χ1v) is 7.45. The fourth-order valence-electron chi connectivity index (χ4n) is 2.27. The van der Waals surface area contributed by atoms with E-state index in [1.54, 1.807) is 36.4 Å². The number of amides is 1. The van der Waals surface area contributed by atoms with Crippen LogP contribution in [0.15, 0.2) is 59.0 Å². The standard InChI is InChI=1S/C18H15ClN2O2/c1-11-12(5-4-6-13(11)19)16-9-10-17(23-16)18(22)21-15-8-3-2-7-14(15)20/h2-10H,20H2,1H3,(H,21,22). The smallest absolute Gasteiger partial charge is 0.291 e. The molecule has 0 saturated carbocycles. The number of nitrogen functional groups attached to an aromatic ring is 1. The number of carbonyl (C=O) groups excluding carboxylic acids is 1. The molecule has 0 radical (unpaired) electrons. The van der Waals surface area contributed by atoms with Crippen LogP contribution in [0.25, 0.3) is 11.3 Å². The molecule has 23 heavy (non-hydrogen) atoms. The number of furan rings is 1. The molecule has 0 saturated heterocycles. The van der Waals surface area contributed by atoms with E-state index in [1.807, 2.05) is 25.1 Å². The highest BCUT2D eigenvalue weighted by Gasteiger charge is 2.15. The summed E-state index contributed by atoms with van der Waals surface area (Å²) in [6, 6.07) is 16.0. The van der Waals surface area contributed by atoms with Crippen molar-refractivity contribution in [2.45, 2.75) is 6.92 Å². The van der Waals surface area contributed by atoms with Crippen LogP contribution < -0.4 is 11.1 Å². The van der Waals surface area contributed by atoms with E-state index in [4.69, 9.17) is 21.8 Å². The van der Waals surface area contributed by atoms with Crippen molar-refractivity contribution in [3.63, 3.8) is 0 Å². The lowest BCUT2D eigenvalue weighted by Crippen LogP contribution is -2.12. The van der Waals surface area contributed by atoms with Gasteiger partial charge in [-0.05, 0) is 42.8 Å². The summed E-state index contributed by atoms with van der Waals surface area (Å²) in [6.45, 7) is 1.91. The van der Waals surface area contributed by atoms with E-state index in [9.17, 15) is 4.79 Å². The molecule has 0 fully saturated rings. The molecule has 116 valence electrons. The lowest BCUT2D eigenvalue weighted by molar-refractivity contribution is 0.0997. The van der Waals surface area contributed by atoms with Crippen molar-refractivity contribution < 1.29 is 9.21 Å². The fourth-order valence-corrected chi connectivity index (χ4v) is 2.45. The van der Waals surface area contributed by atoms with Crippen molar-refractivity contribution >= 4 is 28.9 Å². The van der Waals surface area contributed by atoms with Gasteiger partial charge in [0.1, 0.15) is 5.76 Å². The fraction of sp³-hybridized carbons (Fsp3) is 0.0556. The zero-order chi connectivity index (χ0) is 16.4. The SMILES string of the molecule is Cc1c(Cl)cccc1-c1ccc(C(=O)Nc2ccccc2N)o1. The van der Waals surface area contributed by atoms with Gasteiger partial charge >= 0.3 is 0 Å². The maximum atomic E-state index is 12.3. The van der Waals surface area contributed by atoms with E-state index < -0.39 is 0 Å². The van der Waals surface area contributed by atoms with Gasteiger partial charge in [0.2, 0.25) is 0 Å². The van der Waals surface area contributed by atoms with E-state index in [0.717, 1.165) is 11.1 Å². The lowest BCUT2D eigenvalue weighted by atomic mass is 10.1. The molecule has 3 aromatic rings. The number of halogens is 1. The number of nitrogens with two attached hydrogens (primary N) is 1. The minimum atomic E-state index is -0.353. The third-order valence-electron chi connectivity index (χ3n) is 3.57. The molecule has 0 aliphatic carbocycles. The summed E-state index contributed by atoms with van der Waals surface area (Å²) in [7, 11) is 0. The van der Waals surface area contributed by atoms with Gasteiger partial charge in [-0.15, -0.1) is 0 Å². The zero-order valence-corrected chi connectivity index (χ0v) is 13.2. The van der Waals surface area contributed by atoms with Gasteiger partial charge in [0.25, 0.3) is 5.91 Å². The minimum Gasteiger partial charge on any atom is -0.451 e. The van der Waals surface area contributed by atoms with Crippen molar-refractivity contribution in [3.8, 4) is 11.3 Å². The first kappa shape index (κ1) is 15.2. The third kappa shape index (κ3) is 3.07. The van der Waals surface area contributed by atoms with Crippen LogP contribution in [0.4, 0.5) is 11.4 Å². The monoisotopic (exact) mass is 326 g/mol. The molecule has 0 unspecified atom stereocenters. The Morgan fingerprint density at radius 1 is 1.09 bits per heavy atom. The van der Waals surface area contributed by atoms with Gasteiger partial charge in [-0.25, -0.2) is 0 Å². The Kier molecular flexibility index (Phi) is 4.08. The Morgan fingerprint density at radius 3 is 2.65 bits per heavy atom. The van der Waals surface area contributed by atoms with Crippen LogP contribution in [0.3, 0.4) is 0 Å². The topological polar surface area (TPSA) is 68.3 Å². The molecular formula is C18H15ClN2O2. The number of nitrogens with one attached hydrogen (secondary N) is 1. The minimum absolute atomic E-state index is 0.211. The second-order valence-corrected chi connectivity index (χ2v) is 5.52. The van der Waals surface area contributed by atoms with Gasteiger partial charge < -0.3 is 15.5 Å². The molecule has 1 amide bonds.